The second-order valence-electron chi connectivity index (χ2n) is 7.18. The van der Waals surface area contributed by atoms with E-state index in [2.05, 4.69) is 10.6 Å². The van der Waals surface area contributed by atoms with Gasteiger partial charge in [0, 0.05) is 39.2 Å². The van der Waals surface area contributed by atoms with Crippen LogP contribution in [0.5, 0.6) is 0 Å². The lowest BCUT2D eigenvalue weighted by atomic mass is 9.95. The molecule has 2 aliphatic heterocycles. The average molecular weight is 358 g/mol. The summed E-state index contributed by atoms with van der Waals surface area (Å²) in [4.78, 5) is 24.9. The van der Waals surface area contributed by atoms with Gasteiger partial charge >= 0.3 is 5.97 Å². The van der Waals surface area contributed by atoms with E-state index in [1.165, 1.54) is 17.8 Å². The molecule has 2 saturated heterocycles. The maximum Gasteiger partial charge on any atom is 0.339 e. The van der Waals surface area contributed by atoms with Gasteiger partial charge in [0.15, 0.2) is 0 Å². The molecule has 2 aliphatic rings. The monoisotopic (exact) mass is 358 g/mol. The number of ether oxygens (including phenoxy) is 1. The van der Waals surface area contributed by atoms with Gasteiger partial charge in [-0.15, -0.1) is 11.3 Å². The third-order valence-corrected chi connectivity index (χ3v) is 5.98. The smallest absolute Gasteiger partial charge is 0.339 e. The van der Waals surface area contributed by atoms with Crippen molar-refractivity contribution in [3.8, 4) is 0 Å². The highest BCUT2D eigenvalue weighted by molar-refractivity contribution is 7.17. The predicted octanol–water partition coefficient (Wildman–Crippen LogP) is 3.09. The Morgan fingerprint density at radius 2 is 2.16 bits per heavy atom. The van der Waals surface area contributed by atoms with Gasteiger partial charge in [-0.05, 0) is 51.3 Å². The summed E-state index contributed by atoms with van der Waals surface area (Å²) in [6.45, 7) is 3.66. The van der Waals surface area contributed by atoms with Gasteiger partial charge in [-0.2, -0.15) is 0 Å². The Bertz CT molecular complexity index is 829. The van der Waals surface area contributed by atoms with Gasteiger partial charge in [0.05, 0.1) is 11.7 Å². The minimum atomic E-state index is -0.337. The number of rotatable bonds is 4. The molecule has 5 nitrogen and oxygen atoms in total. The van der Waals surface area contributed by atoms with Crippen LogP contribution in [0.25, 0.3) is 10.1 Å². The van der Waals surface area contributed by atoms with Crippen LogP contribution in [0.4, 0.5) is 0 Å². The molecule has 132 valence electrons. The van der Waals surface area contributed by atoms with Crippen molar-refractivity contribution in [3.05, 3.63) is 34.7 Å². The summed E-state index contributed by atoms with van der Waals surface area (Å²) in [5.41, 5.74) is 1.12. The van der Waals surface area contributed by atoms with Crippen molar-refractivity contribution < 1.29 is 14.3 Å². The molecule has 1 amide bonds. The Hall–Kier alpha value is -1.92. The lowest BCUT2D eigenvalue weighted by molar-refractivity contribution is 0.0380. The normalized spacial score (nSPS) is 24.8. The Morgan fingerprint density at radius 3 is 2.84 bits per heavy atom. The van der Waals surface area contributed by atoms with Crippen molar-refractivity contribution >= 4 is 33.3 Å². The molecule has 0 aliphatic carbocycles. The van der Waals surface area contributed by atoms with Crippen molar-refractivity contribution in [2.45, 2.75) is 57.3 Å². The van der Waals surface area contributed by atoms with Crippen molar-refractivity contribution in [2.75, 3.05) is 0 Å². The standard InChI is InChI=1S/C19H22N2O3S/c1-10(2)24-19(23)14-9-25-17-6-3-11(7-13(14)17)18(22)21-16-8-12-4-5-15(16)20-12/h3,6-7,9-10,12,15-16,20H,4-5,8H2,1-2H3,(H,21,22)/t12-,15+,16-/m1/s1. The number of esters is 1. The Kier molecular flexibility index (Phi) is 4.25. The molecular formula is C19H22N2O3S. The van der Waals surface area contributed by atoms with Crippen LogP contribution in [-0.4, -0.2) is 36.1 Å². The van der Waals surface area contributed by atoms with Crippen LogP contribution in [0.1, 0.15) is 53.8 Å². The molecule has 3 atom stereocenters. The summed E-state index contributed by atoms with van der Waals surface area (Å²) >= 11 is 1.49. The molecule has 2 N–H and O–H groups in total. The molecule has 6 heteroatoms. The minimum absolute atomic E-state index is 0.0735. The van der Waals surface area contributed by atoms with Crippen molar-refractivity contribution in [3.63, 3.8) is 0 Å². The van der Waals surface area contributed by atoms with Gasteiger partial charge in [0.25, 0.3) is 5.91 Å². The van der Waals surface area contributed by atoms with Gasteiger partial charge in [0.1, 0.15) is 0 Å². The maximum atomic E-state index is 12.6. The molecule has 2 bridgehead atoms. The highest BCUT2D eigenvalue weighted by Gasteiger charge is 2.39. The molecule has 0 unspecified atom stereocenters. The quantitative estimate of drug-likeness (QED) is 0.824. The molecular weight excluding hydrogens is 336 g/mol. The van der Waals surface area contributed by atoms with E-state index in [4.69, 9.17) is 4.74 Å². The van der Waals surface area contributed by atoms with Crippen LogP contribution >= 0.6 is 11.3 Å². The number of amides is 1. The number of thiophene rings is 1. The summed E-state index contributed by atoms with van der Waals surface area (Å²) in [7, 11) is 0. The largest absolute Gasteiger partial charge is 0.459 e. The number of hydrogen-bond acceptors (Lipinski definition) is 5. The zero-order chi connectivity index (χ0) is 17.6. The number of carbonyl (C=O) groups excluding carboxylic acids is 2. The Labute approximate surface area is 150 Å². The zero-order valence-corrected chi connectivity index (χ0v) is 15.2. The van der Waals surface area contributed by atoms with Crippen LogP contribution in [0.2, 0.25) is 0 Å². The van der Waals surface area contributed by atoms with Crippen LogP contribution < -0.4 is 10.6 Å². The first-order valence-corrected chi connectivity index (χ1v) is 9.68. The molecule has 4 rings (SSSR count). The fraction of sp³-hybridized carbons (Fsp3) is 0.474. The first-order valence-electron chi connectivity index (χ1n) is 8.80. The molecule has 1 aromatic heterocycles. The van der Waals surface area contributed by atoms with Gasteiger partial charge in [-0.3, -0.25) is 4.79 Å². The molecule has 25 heavy (non-hydrogen) atoms. The lowest BCUT2D eigenvalue weighted by Crippen LogP contribution is -2.42. The fourth-order valence-corrected chi connectivity index (χ4v) is 4.75. The molecule has 0 spiro atoms. The third kappa shape index (κ3) is 3.16. The molecule has 2 fully saturated rings. The summed E-state index contributed by atoms with van der Waals surface area (Å²) < 4.78 is 6.28. The topological polar surface area (TPSA) is 67.4 Å². The van der Waals surface area contributed by atoms with E-state index >= 15 is 0 Å². The summed E-state index contributed by atoms with van der Waals surface area (Å²) in [6, 6.07) is 6.68. The molecule has 0 saturated carbocycles. The number of carbonyl (C=O) groups is 2. The van der Waals surface area contributed by atoms with Gasteiger partial charge < -0.3 is 15.4 Å². The lowest BCUT2D eigenvalue weighted by Gasteiger charge is -2.21. The van der Waals surface area contributed by atoms with Crippen LogP contribution in [-0.2, 0) is 4.74 Å². The predicted molar refractivity (Wildman–Crippen MR) is 98.2 cm³/mol. The van der Waals surface area contributed by atoms with Gasteiger partial charge in [-0.1, -0.05) is 0 Å². The van der Waals surface area contributed by atoms with E-state index in [-0.39, 0.29) is 24.0 Å². The second kappa shape index (κ2) is 6.42. The average Bonchev–Trinajstić information content (AvgIpc) is 3.28. The molecule has 2 aromatic rings. The van der Waals surface area contributed by atoms with Crippen molar-refractivity contribution in [2.24, 2.45) is 0 Å². The van der Waals surface area contributed by atoms with Gasteiger partial charge in [-0.25, -0.2) is 4.79 Å². The van der Waals surface area contributed by atoms with Crippen molar-refractivity contribution in [1.29, 1.82) is 0 Å². The van der Waals surface area contributed by atoms with Gasteiger partial charge in [0.2, 0.25) is 0 Å². The Balaban J connectivity index is 1.55. The maximum absolute atomic E-state index is 12.6. The highest BCUT2D eigenvalue weighted by atomic mass is 32.1. The van der Waals surface area contributed by atoms with Crippen LogP contribution in [0.3, 0.4) is 0 Å². The van der Waals surface area contributed by atoms with Crippen LogP contribution in [0, 0.1) is 0 Å². The van der Waals surface area contributed by atoms with Crippen LogP contribution in [0.15, 0.2) is 23.6 Å². The highest BCUT2D eigenvalue weighted by Crippen LogP contribution is 2.30. The van der Waals surface area contributed by atoms with E-state index < -0.39 is 0 Å². The molecule has 0 radical (unpaired) electrons. The summed E-state index contributed by atoms with van der Waals surface area (Å²) in [6.07, 6.45) is 3.17. The van der Waals surface area contributed by atoms with E-state index in [0.29, 0.717) is 23.2 Å². The molecule has 3 heterocycles. The first-order chi connectivity index (χ1) is 12.0. The summed E-state index contributed by atoms with van der Waals surface area (Å²) in [5.74, 6) is -0.410. The van der Waals surface area contributed by atoms with E-state index in [9.17, 15) is 9.59 Å². The number of fused-ring (bicyclic) bond motifs is 3. The molecule has 1 aromatic carbocycles. The fourth-order valence-electron chi connectivity index (χ4n) is 3.84. The van der Waals surface area contributed by atoms with E-state index in [1.807, 2.05) is 26.0 Å². The zero-order valence-electron chi connectivity index (χ0n) is 14.4. The SMILES string of the molecule is CC(C)OC(=O)c1csc2ccc(C(=O)N[C@@H]3C[C@H]4CC[C@@H]3N4)cc12. The van der Waals surface area contributed by atoms with E-state index in [0.717, 1.165) is 22.9 Å². The number of benzene rings is 1. The summed E-state index contributed by atoms with van der Waals surface area (Å²) in [5, 5.41) is 9.27. The van der Waals surface area contributed by atoms with Crippen molar-refractivity contribution in [1.82, 2.24) is 10.6 Å². The Morgan fingerprint density at radius 1 is 1.32 bits per heavy atom. The third-order valence-electron chi connectivity index (χ3n) is 5.01. The van der Waals surface area contributed by atoms with E-state index in [1.54, 1.807) is 11.4 Å². The second-order valence-corrected chi connectivity index (χ2v) is 8.09. The number of hydrogen-bond donors (Lipinski definition) is 2. The first kappa shape index (κ1) is 16.5. The minimum Gasteiger partial charge on any atom is -0.459 e. The number of nitrogens with one attached hydrogen (secondary N) is 2.